The van der Waals surface area contributed by atoms with E-state index >= 15 is 0 Å². The lowest BCUT2D eigenvalue weighted by molar-refractivity contribution is 0.521. The zero-order chi connectivity index (χ0) is 15.1. The Labute approximate surface area is 130 Å². The molecule has 3 aromatic rings. The molecule has 1 aromatic heterocycles. The van der Waals surface area contributed by atoms with Crippen LogP contribution >= 0.6 is 0 Å². The molecule has 1 aliphatic carbocycles. The summed E-state index contributed by atoms with van der Waals surface area (Å²) in [6.07, 6.45) is 3.23. The maximum Gasteiger partial charge on any atom is 0.130 e. The summed E-state index contributed by atoms with van der Waals surface area (Å²) in [6.45, 7) is 4.11. The fourth-order valence-corrected chi connectivity index (χ4v) is 3.12. The molecule has 1 heterocycles. The molecule has 0 bridgehead atoms. The average Bonchev–Trinajstić information content (AvgIpc) is 3.13. The monoisotopic (exact) mass is 286 g/mol. The van der Waals surface area contributed by atoms with Crippen molar-refractivity contribution in [1.29, 1.82) is 0 Å². The van der Waals surface area contributed by atoms with E-state index in [1.165, 1.54) is 33.4 Å². The normalized spacial score (nSPS) is 13.1. The van der Waals surface area contributed by atoms with Crippen molar-refractivity contribution < 1.29 is 4.42 Å². The second-order valence-electron chi connectivity index (χ2n) is 6.00. The van der Waals surface area contributed by atoms with Gasteiger partial charge in [0.15, 0.2) is 0 Å². The van der Waals surface area contributed by atoms with Gasteiger partial charge in [0.05, 0.1) is 0 Å². The van der Waals surface area contributed by atoms with Crippen LogP contribution < -0.4 is 0 Å². The van der Waals surface area contributed by atoms with E-state index in [1.807, 2.05) is 13.0 Å². The predicted molar refractivity (Wildman–Crippen MR) is 91.6 cm³/mol. The summed E-state index contributed by atoms with van der Waals surface area (Å²) in [4.78, 5) is 0. The summed E-state index contributed by atoms with van der Waals surface area (Å²) in [5.41, 5.74) is 7.84. The Kier molecular flexibility index (Phi) is 3.00. The molecule has 0 fully saturated rings. The summed E-state index contributed by atoms with van der Waals surface area (Å²) in [5, 5.41) is 0. The molecule has 0 N–H and O–H groups in total. The molecule has 1 nitrogen and oxygen atoms in total. The van der Waals surface area contributed by atoms with E-state index in [0.29, 0.717) is 0 Å². The number of rotatable bonds is 2. The van der Waals surface area contributed by atoms with Crippen molar-refractivity contribution in [2.24, 2.45) is 0 Å². The molecule has 1 heteroatoms. The number of aryl methyl sites for hydroxylation is 2. The Morgan fingerprint density at radius 3 is 2.41 bits per heavy atom. The van der Waals surface area contributed by atoms with Crippen LogP contribution in [0.4, 0.5) is 0 Å². The van der Waals surface area contributed by atoms with Crippen molar-refractivity contribution in [1.82, 2.24) is 0 Å². The minimum absolute atomic E-state index is 0.946. The van der Waals surface area contributed by atoms with Crippen LogP contribution in [0.3, 0.4) is 0 Å². The van der Waals surface area contributed by atoms with Crippen molar-refractivity contribution in [2.75, 3.05) is 0 Å². The van der Waals surface area contributed by atoms with Gasteiger partial charge in [-0.05, 0) is 59.9 Å². The van der Waals surface area contributed by atoms with E-state index in [2.05, 4.69) is 61.5 Å². The van der Waals surface area contributed by atoms with Crippen LogP contribution in [0.1, 0.15) is 28.2 Å². The molecule has 0 spiro atoms. The molecular weight excluding hydrogens is 268 g/mol. The summed E-state index contributed by atoms with van der Waals surface area (Å²) < 4.78 is 5.79. The highest BCUT2D eigenvalue weighted by Crippen LogP contribution is 2.37. The average molecular weight is 286 g/mol. The summed E-state index contributed by atoms with van der Waals surface area (Å²) >= 11 is 0. The third-order valence-corrected chi connectivity index (χ3v) is 4.32. The van der Waals surface area contributed by atoms with Gasteiger partial charge in [0.1, 0.15) is 11.5 Å². The van der Waals surface area contributed by atoms with Gasteiger partial charge in [-0.3, -0.25) is 0 Å². The molecule has 22 heavy (non-hydrogen) atoms. The van der Waals surface area contributed by atoms with Crippen molar-refractivity contribution in [3.8, 4) is 11.1 Å². The van der Waals surface area contributed by atoms with Gasteiger partial charge >= 0.3 is 0 Å². The maximum atomic E-state index is 5.79. The van der Waals surface area contributed by atoms with Gasteiger partial charge in [0.25, 0.3) is 0 Å². The number of hydrogen-bond acceptors (Lipinski definition) is 1. The second-order valence-corrected chi connectivity index (χ2v) is 6.00. The van der Waals surface area contributed by atoms with E-state index in [0.717, 1.165) is 17.9 Å². The molecule has 1 aliphatic rings. The van der Waals surface area contributed by atoms with Crippen LogP contribution in [0, 0.1) is 13.8 Å². The predicted octanol–water partition coefficient (Wildman–Crippen LogP) is 5.66. The van der Waals surface area contributed by atoms with Gasteiger partial charge in [0, 0.05) is 6.42 Å². The number of fused-ring (bicyclic) bond motifs is 1. The Morgan fingerprint density at radius 2 is 1.68 bits per heavy atom. The molecule has 0 unspecified atom stereocenters. The fraction of sp³-hybridized carbons (Fsp3) is 0.143. The van der Waals surface area contributed by atoms with E-state index < -0.39 is 0 Å². The zero-order valence-corrected chi connectivity index (χ0v) is 12.9. The first kappa shape index (κ1) is 13.1. The molecule has 0 amide bonds. The van der Waals surface area contributed by atoms with Gasteiger partial charge in [-0.25, -0.2) is 0 Å². The lowest BCUT2D eigenvalue weighted by atomic mass is 9.96. The van der Waals surface area contributed by atoms with Crippen LogP contribution in [0.25, 0.3) is 22.8 Å². The number of furan rings is 1. The first-order valence-corrected chi connectivity index (χ1v) is 7.67. The third kappa shape index (κ3) is 2.19. The molecule has 0 saturated carbocycles. The quantitative estimate of drug-likeness (QED) is 0.592. The minimum Gasteiger partial charge on any atom is -0.462 e. The number of benzene rings is 2. The molecule has 0 aliphatic heterocycles. The Bertz CT molecular complexity index is 863. The summed E-state index contributed by atoms with van der Waals surface area (Å²) in [7, 11) is 0. The van der Waals surface area contributed by atoms with Crippen LogP contribution in [-0.4, -0.2) is 0 Å². The van der Waals surface area contributed by atoms with Gasteiger partial charge < -0.3 is 4.42 Å². The standard InChI is InChI=1S/C21H18O/c1-14-6-9-16(10-7-14)19-5-3-4-17-12-18(13-20(17)19)21-11-8-15(2)22-21/h3-11,13H,12H2,1-2H3. The molecule has 0 saturated heterocycles. The SMILES string of the molecule is Cc1ccc(-c2cccc3c2C=C(c2ccc(C)o2)C3)cc1. The molecule has 0 atom stereocenters. The smallest absolute Gasteiger partial charge is 0.130 e. The highest BCUT2D eigenvalue weighted by Gasteiger charge is 2.19. The van der Waals surface area contributed by atoms with E-state index in [9.17, 15) is 0 Å². The van der Waals surface area contributed by atoms with Crippen molar-refractivity contribution in [3.63, 3.8) is 0 Å². The van der Waals surface area contributed by atoms with Gasteiger partial charge in [-0.1, -0.05) is 48.0 Å². The second kappa shape index (κ2) is 5.03. The van der Waals surface area contributed by atoms with E-state index in [4.69, 9.17) is 4.42 Å². The first-order valence-electron chi connectivity index (χ1n) is 7.67. The van der Waals surface area contributed by atoms with Gasteiger partial charge in [-0.2, -0.15) is 0 Å². The van der Waals surface area contributed by atoms with Crippen LogP contribution in [0.5, 0.6) is 0 Å². The molecule has 108 valence electrons. The van der Waals surface area contributed by atoms with Crippen LogP contribution in [0.15, 0.2) is 59.0 Å². The molecular formula is C21H18O. The van der Waals surface area contributed by atoms with Crippen LogP contribution in [-0.2, 0) is 6.42 Å². The lowest BCUT2D eigenvalue weighted by Gasteiger charge is -2.08. The van der Waals surface area contributed by atoms with Crippen LogP contribution in [0.2, 0.25) is 0 Å². The maximum absolute atomic E-state index is 5.79. The fourth-order valence-electron chi connectivity index (χ4n) is 3.12. The first-order chi connectivity index (χ1) is 10.7. The van der Waals surface area contributed by atoms with E-state index in [-0.39, 0.29) is 0 Å². The lowest BCUT2D eigenvalue weighted by Crippen LogP contribution is -1.87. The number of allylic oxidation sites excluding steroid dienone is 1. The van der Waals surface area contributed by atoms with Gasteiger partial charge in [-0.15, -0.1) is 0 Å². The summed E-state index contributed by atoms with van der Waals surface area (Å²) in [6, 6.07) is 19.4. The topological polar surface area (TPSA) is 13.1 Å². The van der Waals surface area contributed by atoms with Crippen molar-refractivity contribution in [2.45, 2.75) is 20.3 Å². The summed E-state index contributed by atoms with van der Waals surface area (Å²) in [5.74, 6) is 1.95. The largest absolute Gasteiger partial charge is 0.462 e. The highest BCUT2D eigenvalue weighted by molar-refractivity contribution is 5.92. The molecule has 2 aromatic carbocycles. The Hall–Kier alpha value is -2.54. The highest BCUT2D eigenvalue weighted by atomic mass is 16.3. The third-order valence-electron chi connectivity index (χ3n) is 4.32. The van der Waals surface area contributed by atoms with Crippen molar-refractivity contribution >= 4 is 11.6 Å². The minimum atomic E-state index is 0.946. The van der Waals surface area contributed by atoms with E-state index in [1.54, 1.807) is 0 Å². The zero-order valence-electron chi connectivity index (χ0n) is 12.9. The van der Waals surface area contributed by atoms with Gasteiger partial charge in [0.2, 0.25) is 0 Å². The Morgan fingerprint density at radius 1 is 0.864 bits per heavy atom. The Balaban J connectivity index is 1.80. The van der Waals surface area contributed by atoms with Crippen molar-refractivity contribution in [3.05, 3.63) is 82.8 Å². The molecule has 4 rings (SSSR count). The molecule has 0 radical (unpaired) electrons. The number of hydrogen-bond donors (Lipinski definition) is 0.